The molecule has 0 spiro atoms. The predicted molar refractivity (Wildman–Crippen MR) is 107 cm³/mol. The summed E-state index contributed by atoms with van der Waals surface area (Å²) >= 11 is 1.17. The summed E-state index contributed by atoms with van der Waals surface area (Å²) in [5, 5.41) is 0.647. The average molecular weight is 400 g/mol. The van der Waals surface area contributed by atoms with E-state index < -0.39 is 11.2 Å². The third-order valence-electron chi connectivity index (χ3n) is 4.38. The third kappa shape index (κ3) is 3.57. The van der Waals surface area contributed by atoms with Crippen molar-refractivity contribution >= 4 is 28.6 Å². The van der Waals surface area contributed by atoms with Gasteiger partial charge in [-0.1, -0.05) is 18.7 Å². The van der Waals surface area contributed by atoms with Crippen LogP contribution in [0.3, 0.4) is 0 Å². The standard InChI is InChI=1S/C19H20N4O4S/c1-5-14-20-16-15(18(25)23(3)19(26)22(16)2)17(21-14)28-10-13(24)11-6-8-12(27-4)9-7-11/h6-9H,5,10H2,1-4H3. The van der Waals surface area contributed by atoms with Gasteiger partial charge >= 0.3 is 5.69 Å². The molecule has 3 aromatic rings. The van der Waals surface area contributed by atoms with E-state index in [1.165, 1.54) is 23.4 Å². The van der Waals surface area contributed by atoms with Crippen LogP contribution in [-0.2, 0) is 20.5 Å². The molecule has 1 aromatic carbocycles. The van der Waals surface area contributed by atoms with Crippen molar-refractivity contribution in [2.24, 2.45) is 14.1 Å². The number of aromatic nitrogens is 4. The van der Waals surface area contributed by atoms with Crippen molar-refractivity contribution < 1.29 is 9.53 Å². The van der Waals surface area contributed by atoms with E-state index in [9.17, 15) is 14.4 Å². The quantitative estimate of drug-likeness (QED) is 0.352. The summed E-state index contributed by atoms with van der Waals surface area (Å²) in [4.78, 5) is 46.2. The zero-order valence-electron chi connectivity index (χ0n) is 16.1. The largest absolute Gasteiger partial charge is 0.497 e. The smallest absolute Gasteiger partial charge is 0.332 e. The number of thioether (sulfide) groups is 1. The van der Waals surface area contributed by atoms with Crippen molar-refractivity contribution in [1.82, 2.24) is 19.1 Å². The van der Waals surface area contributed by atoms with Crippen LogP contribution in [0, 0.1) is 0 Å². The van der Waals surface area contributed by atoms with Crippen LogP contribution < -0.4 is 16.0 Å². The first-order valence-electron chi connectivity index (χ1n) is 8.64. The molecule has 0 saturated carbocycles. The number of aryl methyl sites for hydroxylation is 2. The highest BCUT2D eigenvalue weighted by Gasteiger charge is 2.18. The van der Waals surface area contributed by atoms with Crippen LogP contribution in [0.15, 0.2) is 38.9 Å². The van der Waals surface area contributed by atoms with Gasteiger partial charge in [0, 0.05) is 26.1 Å². The highest BCUT2D eigenvalue weighted by Crippen LogP contribution is 2.24. The summed E-state index contributed by atoms with van der Waals surface area (Å²) in [5.74, 6) is 1.19. The maximum atomic E-state index is 12.7. The molecule has 8 nitrogen and oxygen atoms in total. The van der Waals surface area contributed by atoms with E-state index in [0.29, 0.717) is 28.6 Å². The summed E-state index contributed by atoms with van der Waals surface area (Å²) in [6.07, 6.45) is 0.541. The molecular weight excluding hydrogens is 380 g/mol. The molecule has 28 heavy (non-hydrogen) atoms. The zero-order chi connectivity index (χ0) is 20.4. The van der Waals surface area contributed by atoms with E-state index in [0.717, 1.165) is 4.57 Å². The minimum atomic E-state index is -0.472. The fraction of sp³-hybridized carbons (Fsp3) is 0.316. The molecule has 0 amide bonds. The van der Waals surface area contributed by atoms with Crippen molar-refractivity contribution in [3.8, 4) is 5.75 Å². The van der Waals surface area contributed by atoms with Gasteiger partial charge in [0.2, 0.25) is 0 Å². The van der Waals surface area contributed by atoms with Gasteiger partial charge in [-0.2, -0.15) is 0 Å². The second kappa shape index (κ2) is 7.97. The van der Waals surface area contributed by atoms with Crippen LogP contribution in [-0.4, -0.2) is 37.7 Å². The molecule has 0 saturated heterocycles. The van der Waals surface area contributed by atoms with Gasteiger partial charge in [0.15, 0.2) is 11.4 Å². The molecule has 9 heteroatoms. The number of rotatable bonds is 6. The van der Waals surface area contributed by atoms with Gasteiger partial charge in [-0.3, -0.25) is 18.7 Å². The lowest BCUT2D eigenvalue weighted by atomic mass is 10.1. The maximum absolute atomic E-state index is 12.7. The Hall–Kier alpha value is -2.94. The Balaban J connectivity index is 2.01. The second-order valence-corrected chi connectivity index (χ2v) is 7.11. The number of nitrogens with zero attached hydrogens (tertiary/aromatic N) is 4. The van der Waals surface area contributed by atoms with E-state index in [1.54, 1.807) is 38.4 Å². The van der Waals surface area contributed by atoms with E-state index >= 15 is 0 Å². The number of carbonyl (C=O) groups excluding carboxylic acids is 1. The SMILES string of the molecule is CCc1nc(SCC(=O)c2ccc(OC)cc2)c2c(=O)n(C)c(=O)n(C)c2n1. The number of Topliss-reactive ketones (excluding diaryl/α,β-unsaturated/α-hetero) is 1. The Labute approximate surface area is 165 Å². The van der Waals surface area contributed by atoms with E-state index in [4.69, 9.17) is 4.74 Å². The summed E-state index contributed by atoms with van der Waals surface area (Å²) in [5.41, 5.74) is -0.106. The maximum Gasteiger partial charge on any atom is 0.332 e. The highest BCUT2D eigenvalue weighted by molar-refractivity contribution is 8.00. The van der Waals surface area contributed by atoms with Gasteiger partial charge in [0.05, 0.1) is 12.9 Å². The molecule has 0 bridgehead atoms. The Morgan fingerprint density at radius 2 is 1.79 bits per heavy atom. The molecule has 146 valence electrons. The van der Waals surface area contributed by atoms with Gasteiger partial charge in [-0.05, 0) is 24.3 Å². The van der Waals surface area contributed by atoms with Crippen LogP contribution >= 0.6 is 11.8 Å². The molecule has 0 fully saturated rings. The topological polar surface area (TPSA) is 96.1 Å². The molecule has 0 aliphatic rings. The lowest BCUT2D eigenvalue weighted by Gasteiger charge is -2.11. The number of ether oxygens (including phenoxy) is 1. The average Bonchev–Trinajstić information content (AvgIpc) is 2.73. The molecule has 0 radical (unpaired) electrons. The molecule has 0 unspecified atom stereocenters. The van der Waals surface area contributed by atoms with Crippen molar-refractivity contribution in [1.29, 1.82) is 0 Å². The second-order valence-electron chi connectivity index (χ2n) is 6.14. The zero-order valence-corrected chi connectivity index (χ0v) is 16.9. The number of benzene rings is 1. The number of hydrogen-bond acceptors (Lipinski definition) is 7. The van der Waals surface area contributed by atoms with E-state index in [1.807, 2.05) is 6.92 Å². The number of methoxy groups -OCH3 is 1. The summed E-state index contributed by atoms with van der Waals surface area (Å²) < 4.78 is 7.45. The Bertz CT molecular complexity index is 1170. The summed E-state index contributed by atoms with van der Waals surface area (Å²) in [6.45, 7) is 1.89. The van der Waals surface area contributed by atoms with Gasteiger partial charge < -0.3 is 4.74 Å². The van der Waals surface area contributed by atoms with Gasteiger partial charge in [-0.25, -0.2) is 14.8 Å². The van der Waals surface area contributed by atoms with Gasteiger partial charge in [-0.15, -0.1) is 0 Å². The molecule has 0 aliphatic heterocycles. The molecule has 0 atom stereocenters. The molecular formula is C19H20N4O4S. The van der Waals surface area contributed by atoms with Crippen molar-refractivity contribution in [2.75, 3.05) is 12.9 Å². The highest BCUT2D eigenvalue weighted by atomic mass is 32.2. The normalized spacial score (nSPS) is 11.0. The Morgan fingerprint density at radius 3 is 2.39 bits per heavy atom. The number of fused-ring (bicyclic) bond motifs is 1. The first-order chi connectivity index (χ1) is 13.4. The monoisotopic (exact) mass is 400 g/mol. The number of ketones is 1. The lowest BCUT2D eigenvalue weighted by molar-refractivity contribution is 0.102. The Morgan fingerprint density at radius 1 is 1.11 bits per heavy atom. The van der Waals surface area contributed by atoms with Crippen LogP contribution in [0.4, 0.5) is 0 Å². The molecule has 2 aromatic heterocycles. The number of carbonyl (C=O) groups is 1. The molecule has 3 rings (SSSR count). The van der Waals surface area contributed by atoms with Crippen molar-refractivity contribution in [3.63, 3.8) is 0 Å². The number of hydrogen-bond donors (Lipinski definition) is 0. The van der Waals surface area contributed by atoms with Crippen LogP contribution in [0.25, 0.3) is 11.0 Å². The minimum absolute atomic E-state index is 0.0980. The molecule has 2 heterocycles. The first-order valence-corrected chi connectivity index (χ1v) is 9.62. The van der Waals surface area contributed by atoms with Crippen molar-refractivity contribution in [2.45, 2.75) is 18.4 Å². The molecule has 0 N–H and O–H groups in total. The van der Waals surface area contributed by atoms with Crippen LogP contribution in [0.2, 0.25) is 0 Å². The third-order valence-corrected chi connectivity index (χ3v) is 5.36. The van der Waals surface area contributed by atoms with Gasteiger partial charge in [0.25, 0.3) is 5.56 Å². The van der Waals surface area contributed by atoms with E-state index in [-0.39, 0.29) is 22.6 Å². The fourth-order valence-corrected chi connectivity index (χ4v) is 3.66. The minimum Gasteiger partial charge on any atom is -0.497 e. The fourth-order valence-electron chi connectivity index (χ4n) is 2.73. The lowest BCUT2D eigenvalue weighted by Crippen LogP contribution is -2.37. The predicted octanol–water partition coefficient (Wildman–Crippen LogP) is 1.57. The van der Waals surface area contributed by atoms with Crippen molar-refractivity contribution in [3.05, 3.63) is 56.5 Å². The molecule has 0 aliphatic carbocycles. The summed E-state index contributed by atoms with van der Waals surface area (Å²) in [7, 11) is 4.54. The van der Waals surface area contributed by atoms with Crippen LogP contribution in [0.5, 0.6) is 5.75 Å². The van der Waals surface area contributed by atoms with E-state index in [2.05, 4.69) is 9.97 Å². The first kappa shape index (κ1) is 19.8. The Kier molecular flexibility index (Phi) is 5.64. The van der Waals surface area contributed by atoms with Gasteiger partial charge in [0.1, 0.15) is 22.0 Å². The van der Waals surface area contributed by atoms with Crippen LogP contribution in [0.1, 0.15) is 23.1 Å². The summed E-state index contributed by atoms with van der Waals surface area (Å²) in [6, 6.07) is 6.83.